The molecule has 0 spiro atoms. The van der Waals surface area contributed by atoms with Gasteiger partial charge in [0.15, 0.2) is 0 Å². The summed E-state index contributed by atoms with van der Waals surface area (Å²) in [4.78, 5) is 25.5. The van der Waals surface area contributed by atoms with Gasteiger partial charge in [0, 0.05) is 13.0 Å². The molecular formula is C21H24N2O4. The number of hydrogen-bond acceptors (Lipinski definition) is 5. The van der Waals surface area contributed by atoms with Gasteiger partial charge in [-0.3, -0.25) is 15.0 Å². The first-order valence-corrected chi connectivity index (χ1v) is 8.96. The van der Waals surface area contributed by atoms with Crippen LogP contribution in [0, 0.1) is 5.92 Å². The molecule has 2 aromatic carbocycles. The van der Waals surface area contributed by atoms with E-state index in [1.54, 1.807) is 14.0 Å². The molecule has 6 nitrogen and oxygen atoms in total. The van der Waals surface area contributed by atoms with Gasteiger partial charge in [0.2, 0.25) is 5.91 Å². The van der Waals surface area contributed by atoms with Crippen LogP contribution in [-0.2, 0) is 19.1 Å². The number of amides is 1. The summed E-state index contributed by atoms with van der Waals surface area (Å²) >= 11 is 0. The lowest BCUT2D eigenvalue weighted by Crippen LogP contribution is -2.56. The molecule has 1 amide bonds. The van der Waals surface area contributed by atoms with Crippen molar-refractivity contribution in [2.75, 3.05) is 13.7 Å². The van der Waals surface area contributed by atoms with Gasteiger partial charge >= 0.3 is 5.97 Å². The number of carbonyl (C=O) groups excluding carboxylic acids is 2. The second-order valence-corrected chi connectivity index (χ2v) is 6.64. The first-order chi connectivity index (χ1) is 13.1. The van der Waals surface area contributed by atoms with E-state index >= 15 is 0 Å². The SMILES string of the molecule is COCC(C)OC(=O)C1C(=O)NNC(c2ccccc2)C1c1ccccc1. The highest BCUT2D eigenvalue weighted by Crippen LogP contribution is 2.39. The van der Waals surface area contributed by atoms with E-state index in [4.69, 9.17) is 9.47 Å². The molecule has 3 rings (SSSR count). The summed E-state index contributed by atoms with van der Waals surface area (Å²) in [6, 6.07) is 19.1. The Balaban J connectivity index is 1.97. The maximum Gasteiger partial charge on any atom is 0.319 e. The Hall–Kier alpha value is -2.70. The molecule has 0 saturated carbocycles. The number of esters is 1. The van der Waals surface area contributed by atoms with Crippen LogP contribution in [0.1, 0.15) is 30.0 Å². The van der Waals surface area contributed by atoms with E-state index in [1.165, 1.54) is 0 Å². The van der Waals surface area contributed by atoms with Crippen molar-refractivity contribution in [3.63, 3.8) is 0 Å². The fraction of sp³-hybridized carbons (Fsp3) is 0.333. The zero-order valence-corrected chi connectivity index (χ0v) is 15.4. The highest BCUT2D eigenvalue weighted by atomic mass is 16.6. The summed E-state index contributed by atoms with van der Waals surface area (Å²) < 4.78 is 10.5. The lowest BCUT2D eigenvalue weighted by Gasteiger charge is -2.38. The quantitative estimate of drug-likeness (QED) is 0.605. The maximum atomic E-state index is 12.9. The largest absolute Gasteiger partial charge is 0.460 e. The van der Waals surface area contributed by atoms with E-state index in [-0.39, 0.29) is 12.6 Å². The second-order valence-electron chi connectivity index (χ2n) is 6.64. The number of nitrogens with one attached hydrogen (secondary N) is 2. The summed E-state index contributed by atoms with van der Waals surface area (Å²) in [6.45, 7) is 2.02. The molecule has 2 aromatic rings. The van der Waals surface area contributed by atoms with Gasteiger partial charge in [-0.05, 0) is 18.1 Å². The standard InChI is InChI=1S/C21H24N2O4/c1-14(13-26-2)27-21(25)18-17(15-9-5-3-6-10-15)19(22-23-20(18)24)16-11-7-4-8-12-16/h3-12,14,17-19,22H,13H2,1-2H3,(H,23,24). The van der Waals surface area contributed by atoms with E-state index in [9.17, 15) is 9.59 Å². The van der Waals surface area contributed by atoms with Gasteiger partial charge in [0.05, 0.1) is 12.6 Å². The molecule has 142 valence electrons. The van der Waals surface area contributed by atoms with Gasteiger partial charge in [-0.25, -0.2) is 5.43 Å². The van der Waals surface area contributed by atoms with Gasteiger partial charge in [0.1, 0.15) is 12.0 Å². The van der Waals surface area contributed by atoms with Gasteiger partial charge in [-0.1, -0.05) is 60.7 Å². The van der Waals surface area contributed by atoms with Crippen molar-refractivity contribution in [1.82, 2.24) is 10.9 Å². The number of hydrazine groups is 1. The van der Waals surface area contributed by atoms with Crippen LogP contribution < -0.4 is 10.9 Å². The van der Waals surface area contributed by atoms with Gasteiger partial charge in [-0.2, -0.15) is 0 Å². The monoisotopic (exact) mass is 368 g/mol. The Bertz CT molecular complexity index is 766. The third-order valence-corrected chi connectivity index (χ3v) is 4.67. The van der Waals surface area contributed by atoms with Crippen molar-refractivity contribution in [3.05, 3.63) is 71.8 Å². The first kappa shape index (κ1) is 19.1. The molecule has 0 aromatic heterocycles. The Morgan fingerprint density at radius 1 is 1.04 bits per heavy atom. The number of carbonyl (C=O) groups is 2. The van der Waals surface area contributed by atoms with Crippen LogP contribution in [0.25, 0.3) is 0 Å². The Labute approximate surface area is 158 Å². The molecule has 1 aliphatic heterocycles. The van der Waals surface area contributed by atoms with Crippen LogP contribution >= 0.6 is 0 Å². The lowest BCUT2D eigenvalue weighted by molar-refractivity contribution is -0.161. The average molecular weight is 368 g/mol. The maximum absolute atomic E-state index is 12.9. The Kier molecular flexibility index (Phi) is 6.21. The number of ether oxygens (including phenoxy) is 2. The molecule has 2 N–H and O–H groups in total. The minimum atomic E-state index is -0.960. The van der Waals surface area contributed by atoms with Crippen LogP contribution in [0.4, 0.5) is 0 Å². The van der Waals surface area contributed by atoms with Crippen LogP contribution in [0.15, 0.2) is 60.7 Å². The third kappa shape index (κ3) is 4.35. The van der Waals surface area contributed by atoms with Gasteiger partial charge in [-0.15, -0.1) is 0 Å². The van der Waals surface area contributed by atoms with Crippen molar-refractivity contribution in [3.8, 4) is 0 Å². The van der Waals surface area contributed by atoms with E-state index in [2.05, 4.69) is 10.9 Å². The van der Waals surface area contributed by atoms with E-state index < -0.39 is 29.8 Å². The van der Waals surface area contributed by atoms with Crippen LogP contribution in [0.5, 0.6) is 0 Å². The minimum absolute atomic E-state index is 0.262. The van der Waals surface area contributed by atoms with Gasteiger partial charge in [0.25, 0.3) is 0 Å². The second kappa shape index (κ2) is 8.79. The number of hydrogen-bond donors (Lipinski definition) is 2. The van der Waals surface area contributed by atoms with E-state index in [1.807, 2.05) is 60.7 Å². The molecule has 4 atom stereocenters. The van der Waals surface area contributed by atoms with Crippen LogP contribution in [-0.4, -0.2) is 31.7 Å². The molecule has 0 aliphatic carbocycles. The fourth-order valence-corrected chi connectivity index (χ4v) is 3.48. The number of methoxy groups -OCH3 is 1. The molecule has 0 radical (unpaired) electrons. The van der Waals surface area contributed by atoms with Crippen molar-refractivity contribution in [2.45, 2.75) is 25.0 Å². The summed E-state index contributed by atoms with van der Waals surface area (Å²) in [7, 11) is 1.54. The number of rotatable bonds is 6. The predicted octanol–water partition coefficient (Wildman–Crippen LogP) is 2.34. The molecule has 1 saturated heterocycles. The Morgan fingerprint density at radius 3 is 2.22 bits per heavy atom. The third-order valence-electron chi connectivity index (χ3n) is 4.67. The zero-order chi connectivity index (χ0) is 19.2. The minimum Gasteiger partial charge on any atom is -0.460 e. The molecule has 6 heteroatoms. The molecule has 27 heavy (non-hydrogen) atoms. The van der Waals surface area contributed by atoms with Crippen molar-refractivity contribution in [2.24, 2.45) is 5.92 Å². The number of benzene rings is 2. The smallest absolute Gasteiger partial charge is 0.319 e. The molecular weight excluding hydrogens is 344 g/mol. The normalized spacial score (nSPS) is 23.3. The highest BCUT2D eigenvalue weighted by molar-refractivity contribution is 5.99. The molecule has 0 bridgehead atoms. The van der Waals surface area contributed by atoms with Gasteiger partial charge < -0.3 is 9.47 Å². The molecule has 1 heterocycles. The first-order valence-electron chi connectivity index (χ1n) is 8.96. The average Bonchev–Trinajstić information content (AvgIpc) is 2.69. The zero-order valence-electron chi connectivity index (χ0n) is 15.4. The highest BCUT2D eigenvalue weighted by Gasteiger charge is 2.45. The fourth-order valence-electron chi connectivity index (χ4n) is 3.48. The topological polar surface area (TPSA) is 76.7 Å². The Morgan fingerprint density at radius 2 is 1.63 bits per heavy atom. The summed E-state index contributed by atoms with van der Waals surface area (Å²) in [5.41, 5.74) is 7.59. The molecule has 1 aliphatic rings. The molecule has 1 fully saturated rings. The van der Waals surface area contributed by atoms with E-state index in [0.29, 0.717) is 0 Å². The lowest BCUT2D eigenvalue weighted by atomic mass is 9.76. The summed E-state index contributed by atoms with van der Waals surface area (Å²) in [6.07, 6.45) is -0.434. The van der Waals surface area contributed by atoms with Crippen LogP contribution in [0.2, 0.25) is 0 Å². The molecule has 4 unspecified atom stereocenters. The van der Waals surface area contributed by atoms with Crippen molar-refractivity contribution in [1.29, 1.82) is 0 Å². The summed E-state index contributed by atoms with van der Waals surface area (Å²) in [5.74, 6) is -2.30. The van der Waals surface area contributed by atoms with E-state index in [0.717, 1.165) is 11.1 Å². The van der Waals surface area contributed by atoms with Crippen LogP contribution in [0.3, 0.4) is 0 Å². The summed E-state index contributed by atoms with van der Waals surface area (Å²) in [5, 5.41) is 0. The predicted molar refractivity (Wildman–Crippen MR) is 101 cm³/mol. The van der Waals surface area contributed by atoms with Crippen molar-refractivity contribution < 1.29 is 19.1 Å². The van der Waals surface area contributed by atoms with Crippen molar-refractivity contribution >= 4 is 11.9 Å².